The average molecular weight is 210 g/mol. The van der Waals surface area contributed by atoms with Gasteiger partial charge in [0.25, 0.3) is 0 Å². The van der Waals surface area contributed by atoms with E-state index >= 15 is 0 Å². The molecule has 0 radical (unpaired) electrons. The Balaban J connectivity index is 2.05. The van der Waals surface area contributed by atoms with Gasteiger partial charge in [0.05, 0.1) is 0 Å². The lowest BCUT2D eigenvalue weighted by Gasteiger charge is -2.11. The Hall–Kier alpha value is -0.510. The van der Waals surface area contributed by atoms with Crippen molar-refractivity contribution in [2.45, 2.75) is 5.75 Å². The first-order chi connectivity index (χ1) is 6.79. The molecular weight excluding hydrogens is 192 g/mol. The number of rotatable bonds is 6. The quantitative estimate of drug-likeness (QED) is 0.571. The number of hydrogen-bond acceptors (Lipinski definition) is 3. The molecule has 1 N–H and O–H groups in total. The minimum absolute atomic E-state index is 1.03. The van der Waals surface area contributed by atoms with E-state index in [1.54, 1.807) is 0 Å². The third kappa shape index (κ3) is 5.27. The summed E-state index contributed by atoms with van der Waals surface area (Å²) in [6, 6.07) is 10.6. The number of nitrogens with zero attached hydrogens (tertiary/aromatic N) is 1. The molecule has 0 fully saturated rings. The lowest BCUT2D eigenvalue weighted by molar-refractivity contribution is 0.300. The van der Waals surface area contributed by atoms with Crippen LogP contribution in [0, 0.1) is 0 Å². The summed E-state index contributed by atoms with van der Waals surface area (Å²) in [6.07, 6.45) is 0. The molecule has 1 rings (SSSR count). The van der Waals surface area contributed by atoms with Crippen molar-refractivity contribution < 1.29 is 0 Å². The second kappa shape index (κ2) is 6.87. The summed E-state index contributed by atoms with van der Waals surface area (Å²) in [5.41, 5.74) is 4.65. The lowest BCUT2D eigenvalue weighted by Crippen LogP contribution is -2.32. The zero-order valence-electron chi connectivity index (χ0n) is 8.86. The van der Waals surface area contributed by atoms with Crippen molar-refractivity contribution >= 4 is 11.8 Å². The first kappa shape index (κ1) is 11.6. The summed E-state index contributed by atoms with van der Waals surface area (Å²) in [7, 11) is 4.03. The molecule has 0 amide bonds. The van der Waals surface area contributed by atoms with Crippen LogP contribution in [0.2, 0.25) is 0 Å². The average Bonchev–Trinajstić information content (AvgIpc) is 2.18. The molecule has 78 valence electrons. The van der Waals surface area contributed by atoms with E-state index in [2.05, 4.69) is 35.8 Å². The molecule has 2 nitrogen and oxygen atoms in total. The zero-order valence-corrected chi connectivity index (χ0v) is 9.68. The molecular formula is C11H18N2S. The molecule has 0 aliphatic carbocycles. The van der Waals surface area contributed by atoms with E-state index < -0.39 is 0 Å². The van der Waals surface area contributed by atoms with Crippen LogP contribution < -0.4 is 5.43 Å². The van der Waals surface area contributed by atoms with E-state index in [-0.39, 0.29) is 0 Å². The first-order valence-corrected chi connectivity index (χ1v) is 5.97. The Kier molecular flexibility index (Phi) is 5.68. The molecule has 14 heavy (non-hydrogen) atoms. The summed E-state index contributed by atoms with van der Waals surface area (Å²) >= 11 is 1.96. The number of hydrazine groups is 1. The van der Waals surface area contributed by atoms with Gasteiger partial charge in [-0.25, -0.2) is 0 Å². The van der Waals surface area contributed by atoms with Crippen LogP contribution in [0.3, 0.4) is 0 Å². The highest BCUT2D eigenvalue weighted by molar-refractivity contribution is 7.98. The molecule has 0 unspecified atom stereocenters. The molecule has 0 heterocycles. The fraction of sp³-hybridized carbons (Fsp3) is 0.455. The summed E-state index contributed by atoms with van der Waals surface area (Å²) in [6.45, 7) is 1.03. The van der Waals surface area contributed by atoms with E-state index in [1.165, 1.54) is 5.56 Å². The molecule has 0 aromatic heterocycles. The van der Waals surface area contributed by atoms with Gasteiger partial charge in [0, 0.05) is 32.1 Å². The predicted octanol–water partition coefficient (Wildman–Crippen LogP) is 1.99. The zero-order chi connectivity index (χ0) is 10.2. The van der Waals surface area contributed by atoms with Gasteiger partial charge in [-0.2, -0.15) is 11.8 Å². The Morgan fingerprint density at radius 1 is 1.21 bits per heavy atom. The largest absolute Gasteiger partial charge is 0.255 e. The molecule has 0 aliphatic rings. The number of nitrogens with one attached hydrogen (secondary N) is 1. The van der Waals surface area contributed by atoms with Crippen molar-refractivity contribution in [3.05, 3.63) is 35.9 Å². The van der Waals surface area contributed by atoms with Gasteiger partial charge < -0.3 is 0 Å². The molecule has 3 heteroatoms. The van der Waals surface area contributed by atoms with Gasteiger partial charge in [-0.05, 0) is 5.56 Å². The van der Waals surface area contributed by atoms with Crippen molar-refractivity contribution in [1.29, 1.82) is 0 Å². The number of benzene rings is 1. The Morgan fingerprint density at radius 2 is 1.93 bits per heavy atom. The van der Waals surface area contributed by atoms with Crippen LogP contribution in [0.25, 0.3) is 0 Å². The molecule has 1 aromatic carbocycles. The minimum Gasteiger partial charge on any atom is -0.255 e. The van der Waals surface area contributed by atoms with Crippen molar-refractivity contribution in [2.24, 2.45) is 0 Å². The van der Waals surface area contributed by atoms with Gasteiger partial charge in [0.1, 0.15) is 0 Å². The van der Waals surface area contributed by atoms with E-state index in [0.717, 1.165) is 18.1 Å². The van der Waals surface area contributed by atoms with Crippen molar-refractivity contribution in [3.8, 4) is 0 Å². The number of hydrogen-bond donors (Lipinski definition) is 1. The fourth-order valence-electron chi connectivity index (χ4n) is 1.11. The highest BCUT2D eigenvalue weighted by Crippen LogP contribution is 2.10. The molecule has 0 atom stereocenters. The van der Waals surface area contributed by atoms with Gasteiger partial charge in [0.15, 0.2) is 0 Å². The van der Waals surface area contributed by atoms with Crippen LogP contribution in [0.4, 0.5) is 0 Å². The minimum atomic E-state index is 1.03. The summed E-state index contributed by atoms with van der Waals surface area (Å²) in [4.78, 5) is 0. The fourth-order valence-corrected chi connectivity index (χ4v) is 1.91. The Bertz CT molecular complexity index is 236. The van der Waals surface area contributed by atoms with Crippen LogP contribution in [-0.4, -0.2) is 31.4 Å². The highest BCUT2D eigenvalue weighted by Gasteiger charge is 1.92. The summed E-state index contributed by atoms with van der Waals surface area (Å²) < 4.78 is 0. The Morgan fingerprint density at radius 3 is 2.57 bits per heavy atom. The van der Waals surface area contributed by atoms with E-state index in [0.29, 0.717) is 0 Å². The van der Waals surface area contributed by atoms with Crippen LogP contribution in [-0.2, 0) is 5.75 Å². The second-order valence-electron chi connectivity index (χ2n) is 3.34. The normalized spacial score (nSPS) is 10.8. The van der Waals surface area contributed by atoms with Crippen molar-refractivity contribution in [3.63, 3.8) is 0 Å². The molecule has 0 aliphatic heterocycles. The smallest absolute Gasteiger partial charge is 0.0193 e. The van der Waals surface area contributed by atoms with Crippen LogP contribution >= 0.6 is 11.8 Å². The van der Waals surface area contributed by atoms with Crippen molar-refractivity contribution in [1.82, 2.24) is 10.4 Å². The third-order valence-electron chi connectivity index (χ3n) is 1.79. The van der Waals surface area contributed by atoms with Gasteiger partial charge >= 0.3 is 0 Å². The summed E-state index contributed by atoms with van der Waals surface area (Å²) in [5, 5.41) is 1.99. The topological polar surface area (TPSA) is 15.3 Å². The first-order valence-electron chi connectivity index (χ1n) is 4.81. The molecule has 0 saturated heterocycles. The summed E-state index contributed by atoms with van der Waals surface area (Å²) in [5.74, 6) is 2.25. The SMILES string of the molecule is CN(C)NCCSCc1ccccc1. The van der Waals surface area contributed by atoms with Gasteiger partial charge in [-0.3, -0.25) is 10.4 Å². The van der Waals surface area contributed by atoms with Crippen LogP contribution in [0.1, 0.15) is 5.56 Å². The van der Waals surface area contributed by atoms with Crippen LogP contribution in [0.15, 0.2) is 30.3 Å². The molecule has 0 bridgehead atoms. The molecule has 1 aromatic rings. The van der Waals surface area contributed by atoms with Crippen molar-refractivity contribution in [2.75, 3.05) is 26.4 Å². The maximum absolute atomic E-state index is 3.24. The highest BCUT2D eigenvalue weighted by atomic mass is 32.2. The standard InChI is InChI=1S/C11H18N2S/c1-13(2)12-8-9-14-10-11-6-4-3-5-7-11/h3-7,12H,8-10H2,1-2H3. The second-order valence-corrected chi connectivity index (χ2v) is 4.45. The van der Waals surface area contributed by atoms with E-state index in [1.807, 2.05) is 30.9 Å². The van der Waals surface area contributed by atoms with Crippen LogP contribution in [0.5, 0.6) is 0 Å². The van der Waals surface area contributed by atoms with Gasteiger partial charge in [0.2, 0.25) is 0 Å². The third-order valence-corrected chi connectivity index (χ3v) is 2.82. The van der Waals surface area contributed by atoms with Gasteiger partial charge in [-0.15, -0.1) is 0 Å². The molecule has 0 saturated carbocycles. The predicted molar refractivity (Wildman–Crippen MR) is 64.3 cm³/mol. The van der Waals surface area contributed by atoms with E-state index in [4.69, 9.17) is 0 Å². The monoisotopic (exact) mass is 210 g/mol. The number of thioether (sulfide) groups is 1. The van der Waals surface area contributed by atoms with Gasteiger partial charge in [-0.1, -0.05) is 30.3 Å². The maximum atomic E-state index is 3.24. The Labute approximate surface area is 90.7 Å². The van der Waals surface area contributed by atoms with E-state index in [9.17, 15) is 0 Å². The maximum Gasteiger partial charge on any atom is 0.0193 e. The lowest BCUT2D eigenvalue weighted by atomic mass is 10.2. The molecule has 0 spiro atoms.